The molecule has 28 heavy (non-hydrogen) atoms. The van der Waals surface area contributed by atoms with E-state index in [1.807, 2.05) is 18.2 Å². The van der Waals surface area contributed by atoms with Gasteiger partial charge in [0, 0.05) is 12.1 Å². The Balaban J connectivity index is 1.72. The van der Waals surface area contributed by atoms with Gasteiger partial charge in [0.2, 0.25) is 0 Å². The number of benzene rings is 2. The molecule has 0 aromatic heterocycles. The van der Waals surface area contributed by atoms with E-state index in [1.165, 1.54) is 0 Å². The number of carbonyl (C=O) groups excluding carboxylic acids is 2. The van der Waals surface area contributed by atoms with Gasteiger partial charge in [-0.1, -0.05) is 23.7 Å². The Morgan fingerprint density at radius 1 is 1.14 bits per heavy atom. The zero-order valence-electron chi connectivity index (χ0n) is 15.8. The van der Waals surface area contributed by atoms with Crippen LogP contribution in [0.2, 0.25) is 5.02 Å². The largest absolute Gasteiger partial charge is 0.497 e. The van der Waals surface area contributed by atoms with Crippen LogP contribution in [0.5, 0.6) is 11.5 Å². The Morgan fingerprint density at radius 2 is 1.93 bits per heavy atom. The quantitative estimate of drug-likeness (QED) is 0.685. The van der Waals surface area contributed by atoms with Gasteiger partial charge in [-0.05, 0) is 43.2 Å². The molecule has 1 aliphatic rings. The lowest BCUT2D eigenvalue weighted by Crippen LogP contribution is -2.34. The molecule has 1 heterocycles. The molecule has 7 heteroatoms. The summed E-state index contributed by atoms with van der Waals surface area (Å²) in [6, 6.07) is 11.9. The Bertz CT molecular complexity index is 870. The van der Waals surface area contributed by atoms with E-state index in [-0.39, 0.29) is 24.1 Å². The lowest BCUT2D eigenvalue weighted by Gasteiger charge is -2.26. The summed E-state index contributed by atoms with van der Waals surface area (Å²) in [7, 11) is 3.19. The van der Waals surface area contributed by atoms with E-state index >= 15 is 0 Å². The second kappa shape index (κ2) is 8.97. The molecule has 3 rings (SSSR count). The minimum absolute atomic E-state index is 0.156. The number of halogens is 1. The van der Waals surface area contributed by atoms with Crippen molar-refractivity contribution >= 4 is 23.5 Å². The van der Waals surface area contributed by atoms with E-state index in [0.717, 1.165) is 18.4 Å². The van der Waals surface area contributed by atoms with Gasteiger partial charge in [-0.25, -0.2) is 4.79 Å². The molecule has 0 N–H and O–H groups in total. The van der Waals surface area contributed by atoms with Crippen LogP contribution >= 0.6 is 11.6 Å². The van der Waals surface area contributed by atoms with Gasteiger partial charge in [-0.2, -0.15) is 0 Å². The average molecular weight is 404 g/mol. The first-order chi connectivity index (χ1) is 13.5. The zero-order valence-corrected chi connectivity index (χ0v) is 16.6. The number of ether oxygens (including phenoxy) is 3. The number of nitrogens with zero attached hydrogens (tertiary/aromatic N) is 1. The van der Waals surface area contributed by atoms with Crippen molar-refractivity contribution < 1.29 is 23.8 Å². The van der Waals surface area contributed by atoms with Crippen molar-refractivity contribution in [3.05, 3.63) is 58.6 Å². The van der Waals surface area contributed by atoms with Crippen molar-refractivity contribution in [2.75, 3.05) is 27.4 Å². The first-order valence-electron chi connectivity index (χ1n) is 8.98. The van der Waals surface area contributed by atoms with Crippen molar-refractivity contribution in [3.63, 3.8) is 0 Å². The van der Waals surface area contributed by atoms with Gasteiger partial charge in [0.1, 0.15) is 11.5 Å². The van der Waals surface area contributed by atoms with Crippen LogP contribution in [0.4, 0.5) is 0 Å². The molecule has 0 saturated carbocycles. The summed E-state index contributed by atoms with van der Waals surface area (Å²) in [5.41, 5.74) is 1.12. The van der Waals surface area contributed by atoms with Crippen LogP contribution in [-0.4, -0.2) is 44.1 Å². The third-order valence-electron chi connectivity index (χ3n) is 4.79. The molecule has 1 aliphatic heterocycles. The summed E-state index contributed by atoms with van der Waals surface area (Å²) in [6.45, 7) is 0.250. The summed E-state index contributed by atoms with van der Waals surface area (Å²) >= 11 is 6.00. The van der Waals surface area contributed by atoms with Crippen LogP contribution in [0.25, 0.3) is 0 Å². The number of likely N-dealkylation sites (tertiary alicyclic amines) is 1. The maximum Gasteiger partial charge on any atom is 0.340 e. The van der Waals surface area contributed by atoms with E-state index in [2.05, 4.69) is 0 Å². The van der Waals surface area contributed by atoms with Crippen molar-refractivity contribution in [2.45, 2.75) is 18.9 Å². The molecule has 1 saturated heterocycles. The first-order valence-corrected chi connectivity index (χ1v) is 9.36. The van der Waals surface area contributed by atoms with Crippen LogP contribution in [0.15, 0.2) is 42.5 Å². The number of amides is 1. The fourth-order valence-corrected chi connectivity index (χ4v) is 3.62. The Morgan fingerprint density at radius 3 is 2.64 bits per heavy atom. The van der Waals surface area contributed by atoms with Crippen LogP contribution in [0.3, 0.4) is 0 Å². The Hall–Kier alpha value is -2.73. The van der Waals surface area contributed by atoms with Crippen LogP contribution in [0, 0.1) is 0 Å². The third kappa shape index (κ3) is 4.22. The van der Waals surface area contributed by atoms with Crippen LogP contribution in [0.1, 0.15) is 34.8 Å². The fraction of sp³-hybridized carbons (Fsp3) is 0.333. The highest BCUT2D eigenvalue weighted by Crippen LogP contribution is 2.38. The molecule has 0 bridgehead atoms. The number of hydrogen-bond acceptors (Lipinski definition) is 5. The number of carbonyl (C=O) groups is 2. The van der Waals surface area contributed by atoms with Gasteiger partial charge in [0.25, 0.3) is 5.91 Å². The second-order valence-corrected chi connectivity index (χ2v) is 6.82. The molecular formula is C21H22ClNO5. The smallest absolute Gasteiger partial charge is 0.340 e. The average Bonchev–Trinajstić information content (AvgIpc) is 3.21. The van der Waals surface area contributed by atoms with E-state index in [9.17, 15) is 9.59 Å². The van der Waals surface area contributed by atoms with E-state index in [0.29, 0.717) is 23.1 Å². The molecule has 1 amide bonds. The van der Waals surface area contributed by atoms with E-state index in [4.69, 9.17) is 25.8 Å². The van der Waals surface area contributed by atoms with Gasteiger partial charge >= 0.3 is 5.97 Å². The lowest BCUT2D eigenvalue weighted by atomic mass is 10.0. The number of rotatable bonds is 6. The third-order valence-corrected chi connectivity index (χ3v) is 5.12. The summed E-state index contributed by atoms with van der Waals surface area (Å²) < 4.78 is 16.0. The van der Waals surface area contributed by atoms with Gasteiger partial charge in [0.15, 0.2) is 6.61 Å². The zero-order chi connectivity index (χ0) is 20.1. The normalized spacial score (nSPS) is 16.0. The number of esters is 1. The molecule has 6 nitrogen and oxygen atoms in total. The minimum atomic E-state index is -0.617. The Kier molecular flexibility index (Phi) is 6.41. The van der Waals surface area contributed by atoms with Gasteiger partial charge in [0.05, 0.1) is 30.8 Å². The number of hydrogen-bond donors (Lipinski definition) is 0. The highest BCUT2D eigenvalue weighted by molar-refractivity contribution is 6.33. The molecular weight excluding hydrogens is 382 g/mol. The van der Waals surface area contributed by atoms with Gasteiger partial charge in [-0.15, -0.1) is 0 Å². The molecule has 0 spiro atoms. The van der Waals surface area contributed by atoms with Gasteiger partial charge in [-0.3, -0.25) is 4.79 Å². The molecule has 2 aromatic rings. The van der Waals surface area contributed by atoms with E-state index in [1.54, 1.807) is 43.4 Å². The monoisotopic (exact) mass is 403 g/mol. The molecule has 0 radical (unpaired) electrons. The predicted octanol–water partition coefficient (Wildman–Crippen LogP) is 3.88. The van der Waals surface area contributed by atoms with Crippen molar-refractivity contribution in [1.82, 2.24) is 4.90 Å². The van der Waals surface area contributed by atoms with Crippen LogP contribution in [-0.2, 0) is 9.53 Å². The maximum absolute atomic E-state index is 12.7. The minimum Gasteiger partial charge on any atom is -0.497 e. The molecule has 2 aromatic carbocycles. The maximum atomic E-state index is 12.7. The summed E-state index contributed by atoms with van der Waals surface area (Å²) in [5.74, 6) is 0.514. The summed E-state index contributed by atoms with van der Waals surface area (Å²) in [4.78, 5) is 26.7. The van der Waals surface area contributed by atoms with Gasteiger partial charge < -0.3 is 19.1 Å². The lowest BCUT2D eigenvalue weighted by molar-refractivity contribution is -0.135. The second-order valence-electron chi connectivity index (χ2n) is 6.41. The summed E-state index contributed by atoms with van der Waals surface area (Å²) in [6.07, 6.45) is 1.66. The van der Waals surface area contributed by atoms with Crippen molar-refractivity contribution in [1.29, 1.82) is 0 Å². The highest BCUT2D eigenvalue weighted by atomic mass is 35.5. The molecule has 0 unspecified atom stereocenters. The van der Waals surface area contributed by atoms with Crippen molar-refractivity contribution in [3.8, 4) is 11.5 Å². The Labute approximate surface area is 168 Å². The molecule has 0 aliphatic carbocycles. The standard InChI is InChI=1S/C21H22ClNO5/c1-26-14-9-10-19(27-2)16(12-14)18-8-5-11-23(18)20(24)13-28-21(25)15-6-3-4-7-17(15)22/h3-4,6-7,9-10,12,18H,5,8,11,13H2,1-2H3/t18-/m1/s1. The predicted molar refractivity (Wildman–Crippen MR) is 105 cm³/mol. The SMILES string of the molecule is COc1ccc(OC)c([C@H]2CCCN2C(=O)COC(=O)c2ccccc2Cl)c1. The highest BCUT2D eigenvalue weighted by Gasteiger charge is 2.32. The van der Waals surface area contributed by atoms with Crippen molar-refractivity contribution in [2.24, 2.45) is 0 Å². The number of methoxy groups -OCH3 is 2. The topological polar surface area (TPSA) is 65.1 Å². The first kappa shape index (κ1) is 20.0. The molecule has 148 valence electrons. The molecule has 1 atom stereocenters. The van der Waals surface area contributed by atoms with Crippen LogP contribution < -0.4 is 9.47 Å². The fourth-order valence-electron chi connectivity index (χ4n) is 3.40. The summed E-state index contributed by atoms with van der Waals surface area (Å²) in [5, 5.41) is 0.292. The molecule has 1 fully saturated rings. The van der Waals surface area contributed by atoms with E-state index < -0.39 is 5.97 Å².